The zero-order valence-electron chi connectivity index (χ0n) is 10.9. The van der Waals surface area contributed by atoms with E-state index >= 15 is 0 Å². The lowest BCUT2D eigenvalue weighted by Crippen LogP contribution is -2.59. The minimum atomic E-state index is -1.26. The first-order chi connectivity index (χ1) is 8.86. The number of nitrogens with one attached hydrogen (secondary N) is 1. The van der Waals surface area contributed by atoms with Gasteiger partial charge in [-0.25, -0.2) is 9.59 Å². The molecule has 1 heterocycles. The van der Waals surface area contributed by atoms with E-state index in [4.69, 9.17) is 5.73 Å². The SMILES string of the molecule is CC(NC(=O)N1CCCC1C(N)=O)(C(=O)O)C1CC1. The van der Waals surface area contributed by atoms with Crippen molar-refractivity contribution >= 4 is 17.9 Å². The minimum Gasteiger partial charge on any atom is -0.480 e. The first-order valence-electron chi connectivity index (χ1n) is 6.47. The molecule has 0 aromatic carbocycles. The van der Waals surface area contributed by atoms with Crippen molar-refractivity contribution in [2.45, 2.75) is 44.2 Å². The van der Waals surface area contributed by atoms with E-state index in [0.29, 0.717) is 19.4 Å². The Kier molecular flexibility index (Phi) is 3.38. The normalized spacial score (nSPS) is 25.7. The van der Waals surface area contributed by atoms with E-state index in [2.05, 4.69) is 5.32 Å². The Labute approximate surface area is 111 Å². The standard InChI is InChI=1S/C12H19N3O4/c1-12(10(17)18,7-4-5-7)14-11(19)15-6-2-3-8(15)9(13)16/h7-8H,2-6H2,1H3,(H2,13,16)(H,14,19)(H,17,18). The van der Waals surface area contributed by atoms with Crippen LogP contribution in [0.15, 0.2) is 0 Å². The number of nitrogens with zero attached hydrogens (tertiary/aromatic N) is 1. The third-order valence-corrected chi connectivity index (χ3v) is 4.05. The summed E-state index contributed by atoms with van der Waals surface area (Å²) in [5.74, 6) is -1.63. The number of carbonyl (C=O) groups excluding carboxylic acids is 2. The van der Waals surface area contributed by atoms with E-state index in [9.17, 15) is 19.5 Å². The number of amides is 3. The topological polar surface area (TPSA) is 113 Å². The van der Waals surface area contributed by atoms with Crippen LogP contribution in [0.2, 0.25) is 0 Å². The number of nitrogens with two attached hydrogens (primary N) is 1. The molecule has 0 radical (unpaired) electrons. The fourth-order valence-electron chi connectivity index (χ4n) is 2.59. The van der Waals surface area contributed by atoms with Gasteiger partial charge in [0, 0.05) is 6.54 Å². The van der Waals surface area contributed by atoms with Crippen LogP contribution < -0.4 is 11.1 Å². The van der Waals surface area contributed by atoms with Crippen molar-refractivity contribution < 1.29 is 19.5 Å². The van der Waals surface area contributed by atoms with Crippen LogP contribution in [-0.2, 0) is 9.59 Å². The van der Waals surface area contributed by atoms with E-state index in [1.54, 1.807) is 0 Å². The average Bonchev–Trinajstić information content (AvgIpc) is 3.05. The molecule has 1 saturated carbocycles. The van der Waals surface area contributed by atoms with Gasteiger partial charge in [0.1, 0.15) is 11.6 Å². The number of primary amides is 1. The third-order valence-electron chi connectivity index (χ3n) is 4.05. The van der Waals surface area contributed by atoms with Crippen LogP contribution in [0.3, 0.4) is 0 Å². The Morgan fingerprint density at radius 2 is 1.95 bits per heavy atom. The van der Waals surface area contributed by atoms with Gasteiger partial charge in [0.25, 0.3) is 0 Å². The maximum Gasteiger partial charge on any atom is 0.329 e. The molecule has 19 heavy (non-hydrogen) atoms. The highest BCUT2D eigenvalue weighted by atomic mass is 16.4. The van der Waals surface area contributed by atoms with Crippen molar-refractivity contribution in [3.8, 4) is 0 Å². The van der Waals surface area contributed by atoms with Crippen molar-refractivity contribution in [2.24, 2.45) is 11.7 Å². The monoisotopic (exact) mass is 269 g/mol. The Bertz CT molecular complexity index is 421. The molecular formula is C12H19N3O4. The number of urea groups is 1. The zero-order chi connectivity index (χ0) is 14.2. The van der Waals surface area contributed by atoms with E-state index in [1.165, 1.54) is 11.8 Å². The Morgan fingerprint density at radius 3 is 2.42 bits per heavy atom. The summed E-state index contributed by atoms with van der Waals surface area (Å²) in [6.07, 6.45) is 2.83. The largest absolute Gasteiger partial charge is 0.480 e. The first kappa shape index (κ1) is 13.6. The molecular weight excluding hydrogens is 250 g/mol. The number of carbonyl (C=O) groups is 3. The highest BCUT2D eigenvalue weighted by Crippen LogP contribution is 2.40. The van der Waals surface area contributed by atoms with Crippen LogP contribution in [0.1, 0.15) is 32.6 Å². The highest BCUT2D eigenvalue weighted by molar-refractivity contribution is 5.90. The Balaban J connectivity index is 2.07. The van der Waals surface area contributed by atoms with Crippen LogP contribution in [0, 0.1) is 5.92 Å². The van der Waals surface area contributed by atoms with E-state index in [0.717, 1.165) is 12.8 Å². The number of carboxylic acid groups (broad SMARTS) is 1. The summed E-state index contributed by atoms with van der Waals surface area (Å²) in [5, 5.41) is 11.8. The van der Waals surface area contributed by atoms with Crippen LogP contribution >= 0.6 is 0 Å². The smallest absolute Gasteiger partial charge is 0.329 e. The summed E-state index contributed by atoms with van der Waals surface area (Å²) in [4.78, 5) is 36.1. The van der Waals surface area contributed by atoms with Crippen LogP contribution in [0.4, 0.5) is 4.79 Å². The molecule has 0 spiro atoms. The summed E-state index contributed by atoms with van der Waals surface area (Å²) >= 11 is 0. The number of hydrogen-bond acceptors (Lipinski definition) is 3. The van der Waals surface area contributed by atoms with Gasteiger partial charge in [0.05, 0.1) is 0 Å². The van der Waals surface area contributed by atoms with Gasteiger partial charge in [-0.15, -0.1) is 0 Å². The van der Waals surface area contributed by atoms with Gasteiger partial charge >= 0.3 is 12.0 Å². The number of likely N-dealkylation sites (tertiary alicyclic amines) is 1. The van der Waals surface area contributed by atoms with Crippen LogP contribution in [0.5, 0.6) is 0 Å². The predicted molar refractivity (Wildman–Crippen MR) is 66.2 cm³/mol. The van der Waals surface area contributed by atoms with Crippen molar-refractivity contribution in [1.29, 1.82) is 0 Å². The molecule has 2 aliphatic rings. The molecule has 2 atom stereocenters. The van der Waals surface area contributed by atoms with Gasteiger partial charge in [0.2, 0.25) is 5.91 Å². The van der Waals surface area contributed by atoms with Crippen LogP contribution in [0.25, 0.3) is 0 Å². The van der Waals surface area contributed by atoms with Gasteiger partial charge in [0.15, 0.2) is 0 Å². The quantitative estimate of drug-likeness (QED) is 0.661. The summed E-state index contributed by atoms with van der Waals surface area (Å²) in [6.45, 7) is 1.94. The van der Waals surface area contributed by atoms with Crippen molar-refractivity contribution in [3.63, 3.8) is 0 Å². The van der Waals surface area contributed by atoms with Gasteiger partial charge in [-0.1, -0.05) is 0 Å². The summed E-state index contributed by atoms with van der Waals surface area (Å²) in [5.41, 5.74) is 3.98. The molecule has 0 aromatic rings. The van der Waals surface area contributed by atoms with E-state index in [1.807, 2.05) is 0 Å². The Hall–Kier alpha value is -1.79. The molecule has 2 unspecified atom stereocenters. The minimum absolute atomic E-state index is 0.0384. The lowest BCUT2D eigenvalue weighted by Gasteiger charge is -2.30. The molecule has 1 aliphatic heterocycles. The molecule has 7 heteroatoms. The van der Waals surface area contributed by atoms with Crippen molar-refractivity contribution in [1.82, 2.24) is 10.2 Å². The lowest BCUT2D eigenvalue weighted by molar-refractivity contribution is -0.144. The predicted octanol–water partition coefficient (Wildman–Crippen LogP) is -0.101. The fraction of sp³-hybridized carbons (Fsp3) is 0.750. The second-order valence-electron chi connectivity index (χ2n) is 5.47. The van der Waals surface area contributed by atoms with E-state index in [-0.39, 0.29) is 5.92 Å². The van der Waals surface area contributed by atoms with Gasteiger partial charge in [-0.3, -0.25) is 4.79 Å². The zero-order valence-corrected chi connectivity index (χ0v) is 10.9. The van der Waals surface area contributed by atoms with Gasteiger partial charge in [-0.05, 0) is 38.5 Å². The molecule has 0 aromatic heterocycles. The molecule has 1 aliphatic carbocycles. The molecule has 2 rings (SSSR count). The van der Waals surface area contributed by atoms with Crippen LogP contribution in [-0.4, -0.2) is 46.0 Å². The highest BCUT2D eigenvalue weighted by Gasteiger charge is 2.49. The second-order valence-corrected chi connectivity index (χ2v) is 5.47. The number of carboxylic acids is 1. The maximum atomic E-state index is 12.2. The average molecular weight is 269 g/mol. The van der Waals surface area contributed by atoms with E-state index < -0.39 is 29.5 Å². The molecule has 106 valence electrons. The molecule has 0 bridgehead atoms. The molecule has 4 N–H and O–H groups in total. The lowest BCUT2D eigenvalue weighted by atomic mass is 9.96. The van der Waals surface area contributed by atoms with Crippen molar-refractivity contribution in [3.05, 3.63) is 0 Å². The molecule has 2 fully saturated rings. The fourth-order valence-corrected chi connectivity index (χ4v) is 2.59. The second kappa shape index (κ2) is 4.71. The van der Waals surface area contributed by atoms with Gasteiger partial charge < -0.3 is 21.1 Å². The number of rotatable bonds is 4. The molecule has 3 amide bonds. The summed E-state index contributed by atoms with van der Waals surface area (Å²) < 4.78 is 0. The third kappa shape index (κ3) is 2.50. The number of hydrogen-bond donors (Lipinski definition) is 3. The van der Waals surface area contributed by atoms with Gasteiger partial charge in [-0.2, -0.15) is 0 Å². The summed E-state index contributed by atoms with van der Waals surface area (Å²) in [7, 11) is 0. The maximum absolute atomic E-state index is 12.2. The Morgan fingerprint density at radius 1 is 1.32 bits per heavy atom. The van der Waals surface area contributed by atoms with Crippen molar-refractivity contribution in [2.75, 3.05) is 6.54 Å². The number of aliphatic carboxylic acids is 1. The first-order valence-corrected chi connectivity index (χ1v) is 6.47. The molecule has 7 nitrogen and oxygen atoms in total. The summed E-state index contributed by atoms with van der Waals surface area (Å²) in [6, 6.07) is -1.14. The molecule has 1 saturated heterocycles.